The topological polar surface area (TPSA) is 64.7 Å². The fourth-order valence-corrected chi connectivity index (χ4v) is 2.24. The molecule has 2 aromatic rings. The van der Waals surface area contributed by atoms with Gasteiger partial charge in [-0.1, -0.05) is 6.92 Å². The van der Waals surface area contributed by atoms with Crippen LogP contribution in [0.3, 0.4) is 0 Å². The molecule has 0 fully saturated rings. The lowest BCUT2D eigenvalue weighted by Crippen LogP contribution is -2.33. The van der Waals surface area contributed by atoms with Gasteiger partial charge in [-0.25, -0.2) is 0 Å². The minimum Gasteiger partial charge on any atom is -0.356 e. The Balaban J connectivity index is 1.80. The molecular weight excluding hydrogens is 323 g/mol. The van der Waals surface area contributed by atoms with Crippen molar-refractivity contribution in [3.63, 3.8) is 0 Å². The smallest absolute Gasteiger partial charge is 0.356 e. The SMILES string of the molecule is Cc1cc(C(F)(F)F)nn1CC(C)C(=O)NCCCn1cccn1. The first-order valence-electron chi connectivity index (χ1n) is 7.64. The molecule has 0 saturated carbocycles. The predicted octanol–water partition coefficient (Wildman–Crippen LogP) is 2.25. The van der Waals surface area contributed by atoms with Crippen molar-refractivity contribution in [2.75, 3.05) is 6.54 Å². The van der Waals surface area contributed by atoms with Gasteiger partial charge in [0.15, 0.2) is 5.69 Å². The van der Waals surface area contributed by atoms with Crippen LogP contribution in [-0.4, -0.2) is 32.0 Å². The van der Waals surface area contributed by atoms with Gasteiger partial charge in [-0.05, 0) is 25.5 Å². The summed E-state index contributed by atoms with van der Waals surface area (Å²) in [6, 6.07) is 2.80. The number of carbonyl (C=O) groups excluding carboxylic acids is 1. The molecule has 0 aliphatic heterocycles. The third-order valence-corrected chi connectivity index (χ3v) is 3.59. The van der Waals surface area contributed by atoms with Crippen molar-refractivity contribution < 1.29 is 18.0 Å². The van der Waals surface area contributed by atoms with E-state index >= 15 is 0 Å². The maximum absolute atomic E-state index is 12.6. The Bertz CT molecular complexity index is 663. The Kier molecular flexibility index (Phi) is 5.63. The molecule has 0 aliphatic carbocycles. The van der Waals surface area contributed by atoms with Gasteiger partial charge in [0.1, 0.15) is 0 Å². The van der Waals surface area contributed by atoms with Gasteiger partial charge >= 0.3 is 6.18 Å². The molecule has 132 valence electrons. The van der Waals surface area contributed by atoms with Gasteiger partial charge in [0.25, 0.3) is 0 Å². The second-order valence-corrected chi connectivity index (χ2v) is 5.67. The number of aryl methyl sites for hydroxylation is 2. The van der Waals surface area contributed by atoms with Gasteiger partial charge in [0, 0.05) is 31.2 Å². The van der Waals surface area contributed by atoms with Gasteiger partial charge in [0.2, 0.25) is 5.91 Å². The summed E-state index contributed by atoms with van der Waals surface area (Å²) in [4.78, 5) is 12.0. The fourth-order valence-electron chi connectivity index (χ4n) is 2.24. The number of alkyl halides is 3. The number of carbonyl (C=O) groups is 1. The van der Waals surface area contributed by atoms with Crippen LogP contribution in [0.2, 0.25) is 0 Å². The third-order valence-electron chi connectivity index (χ3n) is 3.59. The molecule has 0 aliphatic rings. The van der Waals surface area contributed by atoms with E-state index < -0.39 is 17.8 Å². The Labute approximate surface area is 137 Å². The van der Waals surface area contributed by atoms with Gasteiger partial charge in [-0.2, -0.15) is 23.4 Å². The Morgan fingerprint density at radius 3 is 2.75 bits per heavy atom. The number of aromatic nitrogens is 4. The van der Waals surface area contributed by atoms with Crippen molar-refractivity contribution in [3.05, 3.63) is 35.9 Å². The third kappa shape index (κ3) is 4.84. The van der Waals surface area contributed by atoms with Crippen molar-refractivity contribution in [2.24, 2.45) is 5.92 Å². The van der Waals surface area contributed by atoms with Crippen LogP contribution in [0.4, 0.5) is 13.2 Å². The summed E-state index contributed by atoms with van der Waals surface area (Å²) in [6.45, 7) is 4.48. The molecule has 2 heterocycles. The normalized spacial score (nSPS) is 13.0. The number of rotatable bonds is 7. The van der Waals surface area contributed by atoms with E-state index in [0.717, 1.165) is 12.5 Å². The van der Waals surface area contributed by atoms with E-state index in [1.54, 1.807) is 17.8 Å². The molecule has 0 radical (unpaired) electrons. The van der Waals surface area contributed by atoms with Crippen LogP contribution >= 0.6 is 0 Å². The number of amides is 1. The first-order chi connectivity index (χ1) is 11.3. The number of halogens is 3. The van der Waals surface area contributed by atoms with Crippen LogP contribution in [0, 0.1) is 12.8 Å². The fraction of sp³-hybridized carbons (Fsp3) is 0.533. The van der Waals surface area contributed by atoms with Gasteiger partial charge in [-0.3, -0.25) is 14.2 Å². The monoisotopic (exact) mass is 343 g/mol. The summed E-state index contributed by atoms with van der Waals surface area (Å²) in [5.41, 5.74) is -0.563. The Morgan fingerprint density at radius 2 is 2.17 bits per heavy atom. The first-order valence-corrected chi connectivity index (χ1v) is 7.64. The van der Waals surface area contributed by atoms with Gasteiger partial charge < -0.3 is 5.32 Å². The average Bonchev–Trinajstić information content (AvgIpc) is 3.13. The largest absolute Gasteiger partial charge is 0.435 e. The van der Waals surface area contributed by atoms with E-state index in [4.69, 9.17) is 0 Å². The van der Waals surface area contributed by atoms with Gasteiger partial charge in [0.05, 0.1) is 12.5 Å². The first kappa shape index (κ1) is 18.0. The lowest BCUT2D eigenvalue weighted by Gasteiger charge is -2.13. The molecule has 2 aromatic heterocycles. The van der Waals surface area contributed by atoms with Crippen LogP contribution in [-0.2, 0) is 24.1 Å². The lowest BCUT2D eigenvalue weighted by atomic mass is 10.1. The highest BCUT2D eigenvalue weighted by molar-refractivity contribution is 5.78. The van der Waals surface area contributed by atoms with E-state index in [0.29, 0.717) is 18.8 Å². The van der Waals surface area contributed by atoms with Gasteiger partial charge in [-0.15, -0.1) is 0 Å². The predicted molar refractivity (Wildman–Crippen MR) is 81.0 cm³/mol. The standard InChI is InChI=1S/C15H20F3N5O/c1-11(10-23-12(2)9-13(21-23)15(16,17)18)14(24)19-5-3-7-22-8-4-6-20-22/h4,6,8-9,11H,3,5,7,10H2,1-2H3,(H,19,24). The Hall–Kier alpha value is -2.32. The molecule has 6 nitrogen and oxygen atoms in total. The van der Waals surface area contributed by atoms with E-state index in [2.05, 4.69) is 15.5 Å². The summed E-state index contributed by atoms with van der Waals surface area (Å²) in [5.74, 6) is -0.687. The number of nitrogens with one attached hydrogen (secondary N) is 1. The molecule has 9 heteroatoms. The molecule has 1 N–H and O–H groups in total. The summed E-state index contributed by atoms with van der Waals surface area (Å²) < 4.78 is 40.9. The second-order valence-electron chi connectivity index (χ2n) is 5.67. The van der Waals surface area contributed by atoms with Crippen LogP contribution in [0.5, 0.6) is 0 Å². The minimum absolute atomic E-state index is 0.104. The molecular formula is C15H20F3N5O. The van der Waals surface area contributed by atoms with Crippen molar-refractivity contribution >= 4 is 5.91 Å². The van der Waals surface area contributed by atoms with E-state index in [-0.39, 0.29) is 12.5 Å². The van der Waals surface area contributed by atoms with E-state index in [1.165, 1.54) is 11.6 Å². The van der Waals surface area contributed by atoms with Crippen LogP contribution in [0.1, 0.15) is 24.7 Å². The maximum atomic E-state index is 12.6. The highest BCUT2D eigenvalue weighted by Crippen LogP contribution is 2.28. The molecule has 1 amide bonds. The molecule has 0 aromatic carbocycles. The molecule has 1 atom stereocenters. The zero-order chi connectivity index (χ0) is 17.7. The molecule has 2 rings (SSSR count). The maximum Gasteiger partial charge on any atom is 0.435 e. The summed E-state index contributed by atoms with van der Waals surface area (Å²) >= 11 is 0. The highest BCUT2D eigenvalue weighted by atomic mass is 19.4. The summed E-state index contributed by atoms with van der Waals surface area (Å²) in [5, 5.41) is 10.4. The number of hydrogen-bond acceptors (Lipinski definition) is 3. The molecule has 0 spiro atoms. The summed E-state index contributed by atoms with van der Waals surface area (Å²) in [6.07, 6.45) is -0.237. The minimum atomic E-state index is -4.48. The Morgan fingerprint density at radius 1 is 1.42 bits per heavy atom. The second kappa shape index (κ2) is 7.50. The number of hydrogen-bond donors (Lipinski definition) is 1. The summed E-state index contributed by atoms with van der Waals surface area (Å²) in [7, 11) is 0. The van der Waals surface area contributed by atoms with Crippen molar-refractivity contribution in [2.45, 2.75) is 39.5 Å². The van der Waals surface area contributed by atoms with Crippen molar-refractivity contribution in [1.82, 2.24) is 24.9 Å². The number of nitrogens with zero attached hydrogens (tertiary/aromatic N) is 4. The van der Waals surface area contributed by atoms with Crippen molar-refractivity contribution in [1.29, 1.82) is 0 Å². The van der Waals surface area contributed by atoms with E-state index in [9.17, 15) is 18.0 Å². The zero-order valence-electron chi connectivity index (χ0n) is 13.5. The van der Waals surface area contributed by atoms with E-state index in [1.807, 2.05) is 12.3 Å². The molecule has 0 bridgehead atoms. The highest BCUT2D eigenvalue weighted by Gasteiger charge is 2.34. The van der Waals surface area contributed by atoms with Crippen LogP contribution in [0.25, 0.3) is 0 Å². The van der Waals surface area contributed by atoms with Crippen molar-refractivity contribution in [3.8, 4) is 0 Å². The average molecular weight is 343 g/mol. The van der Waals surface area contributed by atoms with Crippen LogP contribution in [0.15, 0.2) is 24.5 Å². The molecule has 0 saturated heterocycles. The quantitative estimate of drug-likeness (QED) is 0.784. The van der Waals surface area contributed by atoms with Crippen LogP contribution < -0.4 is 5.32 Å². The lowest BCUT2D eigenvalue weighted by molar-refractivity contribution is -0.141. The molecule has 1 unspecified atom stereocenters. The molecule has 24 heavy (non-hydrogen) atoms. The zero-order valence-corrected chi connectivity index (χ0v) is 13.5.